The van der Waals surface area contributed by atoms with E-state index >= 15 is 0 Å². The summed E-state index contributed by atoms with van der Waals surface area (Å²) in [6, 6.07) is 17.3. The summed E-state index contributed by atoms with van der Waals surface area (Å²) in [5, 5.41) is 0. The summed E-state index contributed by atoms with van der Waals surface area (Å²) in [5.74, 6) is 1.19. The maximum Gasteiger partial charge on any atom is 0.280 e. The lowest BCUT2D eigenvalue weighted by atomic mass is 10.1. The zero-order valence-corrected chi connectivity index (χ0v) is 13.6. The molecular weight excluding hydrogens is 316 g/mol. The molecule has 1 N–H and O–H groups in total. The van der Waals surface area contributed by atoms with E-state index in [0.717, 1.165) is 11.1 Å². The number of para-hydroxylation sites is 1. The second-order valence-electron chi connectivity index (χ2n) is 5.61. The smallest absolute Gasteiger partial charge is 0.280 e. The summed E-state index contributed by atoms with van der Waals surface area (Å²) in [6.07, 6.45) is 1.48. The van der Waals surface area contributed by atoms with Crippen LogP contribution in [0.3, 0.4) is 0 Å². The average Bonchev–Trinajstić information content (AvgIpc) is 3.13. The topological polar surface area (TPSA) is 72.8 Å². The van der Waals surface area contributed by atoms with Crippen molar-refractivity contribution in [3.8, 4) is 17.1 Å². The number of rotatable bonds is 4. The van der Waals surface area contributed by atoms with E-state index < -0.39 is 0 Å². The summed E-state index contributed by atoms with van der Waals surface area (Å²) in [7, 11) is 1.60. The van der Waals surface area contributed by atoms with Crippen molar-refractivity contribution in [1.29, 1.82) is 0 Å². The number of benzene rings is 2. The first-order chi connectivity index (χ1) is 12.3. The standard InChI is InChI=1S/C19H16N4O2/c1-25-15-10-6-5-9-14(15)18-22-17-16(20-12-21-17)19(24)23(18)11-13-7-3-2-4-8-13/h2-10,12H,11H2,1H3,(H,20,21). The number of fused-ring (bicyclic) bond motifs is 1. The number of aromatic nitrogens is 4. The van der Waals surface area contributed by atoms with Crippen molar-refractivity contribution in [1.82, 2.24) is 19.5 Å². The maximum absolute atomic E-state index is 13.0. The van der Waals surface area contributed by atoms with Crippen LogP contribution in [0, 0.1) is 0 Å². The van der Waals surface area contributed by atoms with Crippen molar-refractivity contribution in [3.05, 3.63) is 76.8 Å². The number of imidazole rings is 1. The predicted molar refractivity (Wildman–Crippen MR) is 95.7 cm³/mol. The number of aromatic amines is 1. The third-order valence-electron chi connectivity index (χ3n) is 4.08. The molecule has 6 heteroatoms. The van der Waals surface area contributed by atoms with Gasteiger partial charge in [-0.3, -0.25) is 9.36 Å². The third-order valence-corrected chi connectivity index (χ3v) is 4.08. The van der Waals surface area contributed by atoms with E-state index in [1.54, 1.807) is 11.7 Å². The van der Waals surface area contributed by atoms with Gasteiger partial charge in [0.15, 0.2) is 11.2 Å². The molecule has 0 radical (unpaired) electrons. The second-order valence-corrected chi connectivity index (χ2v) is 5.61. The molecule has 0 aliphatic carbocycles. The molecule has 0 unspecified atom stereocenters. The normalized spacial score (nSPS) is 10.9. The largest absolute Gasteiger partial charge is 0.496 e. The van der Waals surface area contributed by atoms with Crippen LogP contribution in [0.2, 0.25) is 0 Å². The average molecular weight is 332 g/mol. The van der Waals surface area contributed by atoms with E-state index in [1.807, 2.05) is 54.6 Å². The first-order valence-corrected chi connectivity index (χ1v) is 7.89. The number of methoxy groups -OCH3 is 1. The van der Waals surface area contributed by atoms with Gasteiger partial charge < -0.3 is 9.72 Å². The van der Waals surface area contributed by atoms with E-state index in [9.17, 15) is 4.79 Å². The Morgan fingerprint density at radius 3 is 2.64 bits per heavy atom. The maximum atomic E-state index is 13.0. The molecule has 0 spiro atoms. The lowest BCUT2D eigenvalue weighted by molar-refractivity contribution is 0.416. The van der Waals surface area contributed by atoms with Crippen molar-refractivity contribution in [3.63, 3.8) is 0 Å². The third kappa shape index (κ3) is 2.67. The van der Waals surface area contributed by atoms with Gasteiger partial charge in [-0.1, -0.05) is 42.5 Å². The molecule has 4 rings (SSSR count). The van der Waals surface area contributed by atoms with Gasteiger partial charge in [0.2, 0.25) is 0 Å². The van der Waals surface area contributed by atoms with E-state index in [-0.39, 0.29) is 5.56 Å². The highest BCUT2D eigenvalue weighted by Gasteiger charge is 2.17. The Hall–Kier alpha value is -3.41. The molecule has 4 aromatic rings. The molecule has 2 heterocycles. The quantitative estimate of drug-likeness (QED) is 0.624. The monoisotopic (exact) mass is 332 g/mol. The molecule has 2 aromatic carbocycles. The van der Waals surface area contributed by atoms with E-state index in [0.29, 0.717) is 29.3 Å². The first kappa shape index (κ1) is 15.1. The van der Waals surface area contributed by atoms with Crippen LogP contribution in [0.15, 0.2) is 65.7 Å². The number of H-pyrrole nitrogens is 1. The number of hydrogen-bond acceptors (Lipinski definition) is 4. The summed E-state index contributed by atoms with van der Waals surface area (Å²) in [4.78, 5) is 24.6. The molecule has 2 aromatic heterocycles. The van der Waals surface area contributed by atoms with Crippen molar-refractivity contribution >= 4 is 11.2 Å². The van der Waals surface area contributed by atoms with E-state index in [1.165, 1.54) is 6.33 Å². The highest BCUT2D eigenvalue weighted by atomic mass is 16.5. The minimum atomic E-state index is -0.160. The van der Waals surface area contributed by atoms with Gasteiger partial charge in [0, 0.05) is 0 Å². The molecule has 0 atom stereocenters. The van der Waals surface area contributed by atoms with Crippen molar-refractivity contribution in [2.45, 2.75) is 6.54 Å². The molecule has 6 nitrogen and oxygen atoms in total. The van der Waals surface area contributed by atoms with Gasteiger partial charge in [0.25, 0.3) is 5.56 Å². The molecule has 0 saturated heterocycles. The molecule has 0 aliphatic heterocycles. The van der Waals surface area contributed by atoms with Crippen molar-refractivity contribution in [2.75, 3.05) is 7.11 Å². The van der Waals surface area contributed by atoms with Crippen LogP contribution >= 0.6 is 0 Å². The molecule has 0 amide bonds. The Morgan fingerprint density at radius 1 is 1.08 bits per heavy atom. The minimum Gasteiger partial charge on any atom is -0.496 e. The van der Waals surface area contributed by atoms with Crippen LogP contribution in [0.4, 0.5) is 0 Å². The lowest BCUT2D eigenvalue weighted by Crippen LogP contribution is -2.24. The Bertz CT molecular complexity index is 1080. The Labute approximate surface area is 143 Å². The fourth-order valence-electron chi connectivity index (χ4n) is 2.87. The van der Waals surface area contributed by atoms with Crippen LogP contribution in [-0.2, 0) is 6.54 Å². The second kappa shape index (κ2) is 6.24. The van der Waals surface area contributed by atoms with Gasteiger partial charge in [-0.25, -0.2) is 9.97 Å². The van der Waals surface area contributed by atoms with Crippen LogP contribution in [0.25, 0.3) is 22.6 Å². The van der Waals surface area contributed by atoms with E-state index in [2.05, 4.69) is 15.0 Å². The first-order valence-electron chi connectivity index (χ1n) is 7.89. The van der Waals surface area contributed by atoms with Gasteiger partial charge in [0.05, 0.1) is 25.5 Å². The zero-order valence-electron chi connectivity index (χ0n) is 13.6. The summed E-state index contributed by atoms with van der Waals surface area (Å²) in [6.45, 7) is 0.412. The van der Waals surface area contributed by atoms with Gasteiger partial charge in [-0.05, 0) is 17.7 Å². The Kier molecular flexibility index (Phi) is 3.78. The van der Waals surface area contributed by atoms with Gasteiger partial charge >= 0.3 is 0 Å². The SMILES string of the molecule is COc1ccccc1-c1nc2nc[nH]c2c(=O)n1Cc1ccccc1. The van der Waals surface area contributed by atoms with Gasteiger partial charge in [-0.15, -0.1) is 0 Å². The number of nitrogens with zero attached hydrogens (tertiary/aromatic N) is 3. The fraction of sp³-hybridized carbons (Fsp3) is 0.105. The summed E-state index contributed by atoms with van der Waals surface area (Å²) in [5.41, 5.74) is 2.40. The van der Waals surface area contributed by atoms with Gasteiger partial charge in [0.1, 0.15) is 11.6 Å². The number of hydrogen-bond donors (Lipinski definition) is 1. The summed E-state index contributed by atoms with van der Waals surface area (Å²) >= 11 is 0. The van der Waals surface area contributed by atoms with Crippen LogP contribution in [-0.4, -0.2) is 26.6 Å². The van der Waals surface area contributed by atoms with Crippen molar-refractivity contribution < 1.29 is 4.74 Å². The number of ether oxygens (including phenoxy) is 1. The molecule has 25 heavy (non-hydrogen) atoms. The molecular formula is C19H16N4O2. The highest BCUT2D eigenvalue weighted by molar-refractivity contribution is 5.74. The van der Waals surface area contributed by atoms with E-state index in [4.69, 9.17) is 4.74 Å². The molecule has 0 fully saturated rings. The Balaban J connectivity index is 1.99. The Morgan fingerprint density at radius 2 is 1.84 bits per heavy atom. The highest BCUT2D eigenvalue weighted by Crippen LogP contribution is 2.28. The molecule has 124 valence electrons. The molecule has 0 saturated carbocycles. The van der Waals surface area contributed by atoms with Crippen LogP contribution < -0.4 is 10.3 Å². The zero-order chi connectivity index (χ0) is 17.2. The van der Waals surface area contributed by atoms with Crippen LogP contribution in [0.5, 0.6) is 5.75 Å². The molecule has 0 aliphatic rings. The minimum absolute atomic E-state index is 0.160. The van der Waals surface area contributed by atoms with Gasteiger partial charge in [-0.2, -0.15) is 0 Å². The fourth-order valence-corrected chi connectivity index (χ4v) is 2.87. The summed E-state index contributed by atoms with van der Waals surface area (Å²) < 4.78 is 7.10. The predicted octanol–water partition coefficient (Wildman–Crippen LogP) is 2.84. The van der Waals surface area contributed by atoms with Crippen molar-refractivity contribution in [2.24, 2.45) is 0 Å². The van der Waals surface area contributed by atoms with Crippen LogP contribution in [0.1, 0.15) is 5.56 Å². The lowest BCUT2D eigenvalue weighted by Gasteiger charge is -2.14. The molecule has 0 bridgehead atoms. The number of nitrogens with one attached hydrogen (secondary N) is 1.